The summed E-state index contributed by atoms with van der Waals surface area (Å²) in [4.78, 5) is 22.2. The molecule has 0 radical (unpaired) electrons. The molecule has 0 aliphatic carbocycles. The molecule has 2 atom stereocenters. The molecule has 5 heteroatoms. The van der Waals surface area contributed by atoms with Gasteiger partial charge in [0.15, 0.2) is 0 Å². The van der Waals surface area contributed by atoms with Crippen LogP contribution in [0.5, 0.6) is 0 Å². The molecule has 3 N–H and O–H groups in total. The van der Waals surface area contributed by atoms with Crippen molar-refractivity contribution >= 4 is 11.8 Å². The third kappa shape index (κ3) is 2.99. The van der Waals surface area contributed by atoms with E-state index in [1.54, 1.807) is 6.92 Å². The number of amides is 2. The zero-order valence-corrected chi connectivity index (χ0v) is 8.29. The molecular weight excluding hydrogens is 184 g/mol. The van der Waals surface area contributed by atoms with Crippen molar-refractivity contribution in [2.24, 2.45) is 5.73 Å². The average Bonchev–Trinajstić information content (AvgIpc) is 2.19. The number of nitrogens with two attached hydrogens (primary N) is 1. The van der Waals surface area contributed by atoms with Crippen molar-refractivity contribution in [1.29, 1.82) is 0 Å². The summed E-state index contributed by atoms with van der Waals surface area (Å²) in [6.45, 7) is 2.17. The van der Waals surface area contributed by atoms with E-state index < -0.39 is 18.1 Å². The maximum absolute atomic E-state index is 11.5. The Morgan fingerprint density at radius 2 is 2.21 bits per heavy atom. The molecule has 1 aliphatic rings. The lowest BCUT2D eigenvalue weighted by molar-refractivity contribution is -0.138. The SMILES string of the molecule is CC(NC(=O)C1CCCCO1)C(N)=O. The molecule has 1 saturated heterocycles. The fourth-order valence-electron chi connectivity index (χ4n) is 1.32. The predicted octanol–water partition coefficient (Wildman–Crippen LogP) is -0.454. The highest BCUT2D eigenvalue weighted by Gasteiger charge is 2.24. The van der Waals surface area contributed by atoms with Crippen molar-refractivity contribution in [3.05, 3.63) is 0 Å². The third-order valence-corrected chi connectivity index (χ3v) is 2.26. The smallest absolute Gasteiger partial charge is 0.249 e. The summed E-state index contributed by atoms with van der Waals surface area (Å²) in [5.41, 5.74) is 5.02. The second-order valence-corrected chi connectivity index (χ2v) is 3.49. The van der Waals surface area contributed by atoms with E-state index in [0.29, 0.717) is 6.61 Å². The van der Waals surface area contributed by atoms with Crippen molar-refractivity contribution in [3.8, 4) is 0 Å². The molecule has 0 saturated carbocycles. The number of carbonyl (C=O) groups excluding carboxylic acids is 2. The molecule has 14 heavy (non-hydrogen) atoms. The van der Waals surface area contributed by atoms with Gasteiger partial charge in [-0.15, -0.1) is 0 Å². The molecule has 1 rings (SSSR count). The Labute approximate surface area is 83.0 Å². The topological polar surface area (TPSA) is 81.4 Å². The van der Waals surface area contributed by atoms with Crippen LogP contribution in [0.4, 0.5) is 0 Å². The summed E-state index contributed by atoms with van der Waals surface area (Å²) in [6.07, 6.45) is 2.29. The Hall–Kier alpha value is -1.10. The zero-order valence-electron chi connectivity index (χ0n) is 8.29. The average molecular weight is 200 g/mol. The van der Waals surface area contributed by atoms with Crippen LogP contribution in [-0.4, -0.2) is 30.6 Å². The van der Waals surface area contributed by atoms with Crippen molar-refractivity contribution < 1.29 is 14.3 Å². The lowest BCUT2D eigenvalue weighted by Crippen LogP contribution is -2.47. The van der Waals surface area contributed by atoms with Crippen LogP contribution in [0.15, 0.2) is 0 Å². The minimum Gasteiger partial charge on any atom is -0.368 e. The molecule has 0 aromatic heterocycles. The molecular formula is C9H16N2O3. The molecule has 1 heterocycles. The molecule has 0 aromatic carbocycles. The monoisotopic (exact) mass is 200 g/mol. The van der Waals surface area contributed by atoms with E-state index in [1.807, 2.05) is 0 Å². The fourth-order valence-corrected chi connectivity index (χ4v) is 1.32. The number of hydrogen-bond acceptors (Lipinski definition) is 3. The van der Waals surface area contributed by atoms with Crippen molar-refractivity contribution in [1.82, 2.24) is 5.32 Å². The number of hydrogen-bond donors (Lipinski definition) is 2. The van der Waals surface area contributed by atoms with E-state index in [-0.39, 0.29) is 5.91 Å². The first-order chi connectivity index (χ1) is 6.61. The molecule has 0 spiro atoms. The Morgan fingerprint density at radius 3 is 2.71 bits per heavy atom. The summed E-state index contributed by atoms with van der Waals surface area (Å²) in [5, 5.41) is 2.51. The molecule has 1 aliphatic heterocycles. The first kappa shape index (κ1) is 11.0. The number of primary amides is 1. The van der Waals surface area contributed by atoms with Crippen LogP contribution in [-0.2, 0) is 14.3 Å². The van der Waals surface area contributed by atoms with Crippen LogP contribution in [0.1, 0.15) is 26.2 Å². The lowest BCUT2D eigenvalue weighted by Gasteiger charge is -2.22. The second kappa shape index (κ2) is 4.95. The van der Waals surface area contributed by atoms with Crippen molar-refractivity contribution in [3.63, 3.8) is 0 Å². The molecule has 5 nitrogen and oxygen atoms in total. The van der Waals surface area contributed by atoms with Gasteiger partial charge in [0.05, 0.1) is 0 Å². The third-order valence-electron chi connectivity index (χ3n) is 2.26. The number of rotatable bonds is 3. The largest absolute Gasteiger partial charge is 0.368 e. The summed E-state index contributed by atoms with van der Waals surface area (Å²) in [7, 11) is 0. The fraction of sp³-hybridized carbons (Fsp3) is 0.778. The van der Waals surface area contributed by atoms with Gasteiger partial charge in [-0.05, 0) is 26.2 Å². The van der Waals surface area contributed by atoms with E-state index in [2.05, 4.69) is 5.32 Å². The Kier molecular flexibility index (Phi) is 3.88. The van der Waals surface area contributed by atoms with Gasteiger partial charge in [0.2, 0.25) is 11.8 Å². The van der Waals surface area contributed by atoms with Crippen LogP contribution in [0.25, 0.3) is 0 Å². The Morgan fingerprint density at radius 1 is 1.50 bits per heavy atom. The van der Waals surface area contributed by atoms with Gasteiger partial charge in [-0.3, -0.25) is 9.59 Å². The molecule has 1 fully saturated rings. The minimum atomic E-state index is -0.631. The number of nitrogens with one attached hydrogen (secondary N) is 1. The van der Waals surface area contributed by atoms with Crippen LogP contribution in [0.2, 0.25) is 0 Å². The first-order valence-corrected chi connectivity index (χ1v) is 4.82. The van der Waals surface area contributed by atoms with Gasteiger partial charge < -0.3 is 15.8 Å². The maximum Gasteiger partial charge on any atom is 0.249 e. The summed E-state index contributed by atoms with van der Waals surface area (Å²) in [5.74, 6) is -0.773. The quantitative estimate of drug-likeness (QED) is 0.647. The summed E-state index contributed by atoms with van der Waals surface area (Å²) >= 11 is 0. The van der Waals surface area contributed by atoms with Gasteiger partial charge in [-0.1, -0.05) is 0 Å². The van der Waals surface area contributed by atoms with Gasteiger partial charge in [0.25, 0.3) is 0 Å². The first-order valence-electron chi connectivity index (χ1n) is 4.82. The molecule has 0 aromatic rings. The number of ether oxygens (including phenoxy) is 1. The van der Waals surface area contributed by atoms with Gasteiger partial charge in [-0.2, -0.15) is 0 Å². The van der Waals surface area contributed by atoms with Gasteiger partial charge in [0, 0.05) is 6.61 Å². The van der Waals surface area contributed by atoms with E-state index in [9.17, 15) is 9.59 Å². The highest BCUT2D eigenvalue weighted by molar-refractivity contribution is 5.88. The molecule has 2 unspecified atom stereocenters. The zero-order chi connectivity index (χ0) is 10.6. The van der Waals surface area contributed by atoms with Crippen LogP contribution < -0.4 is 11.1 Å². The Balaban J connectivity index is 2.36. The highest BCUT2D eigenvalue weighted by atomic mass is 16.5. The van der Waals surface area contributed by atoms with Crippen molar-refractivity contribution in [2.75, 3.05) is 6.61 Å². The van der Waals surface area contributed by atoms with E-state index in [0.717, 1.165) is 19.3 Å². The highest BCUT2D eigenvalue weighted by Crippen LogP contribution is 2.12. The number of carbonyl (C=O) groups is 2. The van der Waals surface area contributed by atoms with Crippen molar-refractivity contribution in [2.45, 2.75) is 38.3 Å². The van der Waals surface area contributed by atoms with Gasteiger partial charge in [0.1, 0.15) is 12.1 Å². The molecule has 2 amide bonds. The predicted molar refractivity (Wildman–Crippen MR) is 50.4 cm³/mol. The van der Waals surface area contributed by atoms with Gasteiger partial charge in [-0.25, -0.2) is 0 Å². The van der Waals surface area contributed by atoms with E-state index >= 15 is 0 Å². The lowest BCUT2D eigenvalue weighted by atomic mass is 10.1. The molecule has 80 valence electrons. The van der Waals surface area contributed by atoms with E-state index in [4.69, 9.17) is 10.5 Å². The minimum absolute atomic E-state index is 0.240. The van der Waals surface area contributed by atoms with Crippen LogP contribution in [0, 0.1) is 0 Å². The molecule has 0 bridgehead atoms. The summed E-state index contributed by atoms with van der Waals surface area (Å²) < 4.78 is 5.26. The second-order valence-electron chi connectivity index (χ2n) is 3.49. The maximum atomic E-state index is 11.5. The van der Waals surface area contributed by atoms with Gasteiger partial charge >= 0.3 is 0 Å². The van der Waals surface area contributed by atoms with E-state index in [1.165, 1.54) is 0 Å². The standard InChI is InChI=1S/C9H16N2O3/c1-6(8(10)12)11-9(13)7-4-2-3-5-14-7/h6-7H,2-5H2,1H3,(H2,10,12)(H,11,13). The summed E-state index contributed by atoms with van der Waals surface area (Å²) in [6, 6.07) is -0.631. The van der Waals surface area contributed by atoms with Crippen LogP contribution in [0.3, 0.4) is 0 Å². The van der Waals surface area contributed by atoms with Crippen LogP contribution >= 0.6 is 0 Å². The Bertz CT molecular complexity index is 224. The normalized spacial score (nSPS) is 23.9.